The summed E-state index contributed by atoms with van der Waals surface area (Å²) in [4.78, 5) is 12.3. The van der Waals surface area contributed by atoms with Gasteiger partial charge in [0.15, 0.2) is 0 Å². The summed E-state index contributed by atoms with van der Waals surface area (Å²) < 4.78 is 26.8. The van der Waals surface area contributed by atoms with Crippen LogP contribution < -0.4 is 10.0 Å². The quantitative estimate of drug-likeness (QED) is 0.853. The summed E-state index contributed by atoms with van der Waals surface area (Å²) >= 11 is 0. The molecule has 2 aromatic rings. The predicted octanol–water partition coefficient (Wildman–Crippen LogP) is 2.55. The van der Waals surface area contributed by atoms with Crippen molar-refractivity contribution in [3.8, 4) is 0 Å². The molecule has 1 unspecified atom stereocenters. The largest absolute Gasteiger partial charge is 0.325 e. The molecule has 2 rings (SSSR count). The van der Waals surface area contributed by atoms with E-state index in [1.165, 1.54) is 19.1 Å². The fraction of sp³-hybridized carbons (Fsp3) is 0.235. The average molecular weight is 332 g/mol. The van der Waals surface area contributed by atoms with Crippen molar-refractivity contribution in [2.24, 2.45) is 0 Å². The molecular formula is C17H20N2O3S. The lowest BCUT2D eigenvalue weighted by Crippen LogP contribution is -2.41. The van der Waals surface area contributed by atoms with E-state index in [9.17, 15) is 13.2 Å². The lowest BCUT2D eigenvalue weighted by molar-refractivity contribution is -0.117. The van der Waals surface area contributed by atoms with Gasteiger partial charge >= 0.3 is 0 Å². The zero-order chi connectivity index (χ0) is 16.9. The predicted molar refractivity (Wildman–Crippen MR) is 90.7 cm³/mol. The van der Waals surface area contributed by atoms with Crippen molar-refractivity contribution in [2.75, 3.05) is 5.32 Å². The number of aryl methyl sites for hydroxylation is 1. The van der Waals surface area contributed by atoms with E-state index in [4.69, 9.17) is 0 Å². The number of nitrogens with one attached hydrogen (secondary N) is 2. The van der Waals surface area contributed by atoms with E-state index in [1.807, 2.05) is 25.1 Å². The highest BCUT2D eigenvalue weighted by molar-refractivity contribution is 7.89. The lowest BCUT2D eigenvalue weighted by Gasteiger charge is -2.15. The molecule has 0 aromatic heterocycles. The highest BCUT2D eigenvalue weighted by Crippen LogP contribution is 2.12. The van der Waals surface area contributed by atoms with Gasteiger partial charge in [0.25, 0.3) is 0 Å². The number of hydrogen-bond acceptors (Lipinski definition) is 3. The maximum atomic E-state index is 12.2. The van der Waals surface area contributed by atoms with E-state index in [1.54, 1.807) is 24.3 Å². The monoisotopic (exact) mass is 332 g/mol. The molecule has 0 bridgehead atoms. The normalized spacial score (nSPS) is 12.6. The van der Waals surface area contributed by atoms with Crippen LogP contribution in [-0.4, -0.2) is 20.4 Å². The molecular weight excluding hydrogens is 312 g/mol. The van der Waals surface area contributed by atoms with Crippen LogP contribution in [-0.2, 0) is 21.2 Å². The first-order chi connectivity index (χ1) is 10.9. The van der Waals surface area contributed by atoms with Crippen molar-refractivity contribution in [3.05, 3.63) is 60.2 Å². The number of hydrogen-bond donors (Lipinski definition) is 2. The first-order valence-corrected chi connectivity index (χ1v) is 8.88. The molecule has 0 aliphatic rings. The minimum atomic E-state index is -3.72. The smallest absolute Gasteiger partial charge is 0.242 e. The molecule has 5 nitrogen and oxygen atoms in total. The van der Waals surface area contributed by atoms with Gasteiger partial charge in [-0.1, -0.05) is 37.3 Å². The van der Waals surface area contributed by atoms with Crippen LogP contribution in [0.4, 0.5) is 5.69 Å². The van der Waals surface area contributed by atoms with Gasteiger partial charge in [0.05, 0.1) is 10.9 Å². The first-order valence-electron chi connectivity index (χ1n) is 7.39. The Bertz CT molecular complexity index is 773. The number of sulfonamides is 1. The molecule has 1 atom stereocenters. The van der Waals surface area contributed by atoms with Crippen LogP contribution in [0.3, 0.4) is 0 Å². The van der Waals surface area contributed by atoms with Gasteiger partial charge in [-0.2, -0.15) is 4.72 Å². The molecule has 122 valence electrons. The Morgan fingerprint density at radius 1 is 1.09 bits per heavy atom. The van der Waals surface area contributed by atoms with Crippen LogP contribution in [0.15, 0.2) is 59.5 Å². The van der Waals surface area contributed by atoms with Crippen molar-refractivity contribution < 1.29 is 13.2 Å². The molecule has 6 heteroatoms. The lowest BCUT2D eigenvalue weighted by atomic mass is 10.1. The summed E-state index contributed by atoms with van der Waals surface area (Å²) in [5.41, 5.74) is 1.75. The molecule has 23 heavy (non-hydrogen) atoms. The third-order valence-electron chi connectivity index (χ3n) is 3.38. The van der Waals surface area contributed by atoms with Crippen molar-refractivity contribution in [3.63, 3.8) is 0 Å². The van der Waals surface area contributed by atoms with E-state index in [2.05, 4.69) is 10.0 Å². The number of rotatable bonds is 6. The average Bonchev–Trinajstić information content (AvgIpc) is 2.55. The summed E-state index contributed by atoms with van der Waals surface area (Å²) in [6.07, 6.45) is 0.861. The molecule has 0 radical (unpaired) electrons. The number of benzene rings is 2. The molecule has 0 heterocycles. The zero-order valence-electron chi connectivity index (χ0n) is 13.1. The Morgan fingerprint density at radius 3 is 2.43 bits per heavy atom. The maximum absolute atomic E-state index is 12.2. The Hall–Kier alpha value is -2.18. The van der Waals surface area contributed by atoms with Gasteiger partial charge in [-0.15, -0.1) is 0 Å². The molecule has 1 amide bonds. The minimum absolute atomic E-state index is 0.132. The molecule has 0 aliphatic carbocycles. The van der Waals surface area contributed by atoms with Crippen LogP contribution in [0.25, 0.3) is 0 Å². The highest BCUT2D eigenvalue weighted by Gasteiger charge is 2.21. The second kappa shape index (κ2) is 7.39. The molecule has 2 N–H and O–H groups in total. The summed E-state index contributed by atoms with van der Waals surface area (Å²) in [6, 6.07) is 14.6. The van der Waals surface area contributed by atoms with E-state index in [-0.39, 0.29) is 4.90 Å². The van der Waals surface area contributed by atoms with Crippen LogP contribution in [0.2, 0.25) is 0 Å². The van der Waals surface area contributed by atoms with Crippen molar-refractivity contribution in [1.82, 2.24) is 4.72 Å². The highest BCUT2D eigenvalue weighted by atomic mass is 32.2. The van der Waals surface area contributed by atoms with E-state index in [0.717, 1.165) is 12.0 Å². The second-order valence-electron chi connectivity index (χ2n) is 5.20. The van der Waals surface area contributed by atoms with Gasteiger partial charge < -0.3 is 5.32 Å². The molecule has 0 saturated carbocycles. The molecule has 0 spiro atoms. The zero-order valence-corrected chi connectivity index (χ0v) is 13.9. The first kappa shape index (κ1) is 17.2. The second-order valence-corrected chi connectivity index (χ2v) is 6.91. The number of anilines is 1. The van der Waals surface area contributed by atoms with Crippen LogP contribution in [0.1, 0.15) is 19.4 Å². The Labute approximate surface area is 136 Å². The Kier molecular flexibility index (Phi) is 5.52. The van der Waals surface area contributed by atoms with Crippen molar-refractivity contribution in [2.45, 2.75) is 31.2 Å². The third-order valence-corrected chi connectivity index (χ3v) is 4.94. The topological polar surface area (TPSA) is 75.3 Å². The number of carbonyl (C=O) groups excluding carboxylic acids is 1. The number of carbonyl (C=O) groups is 1. The van der Waals surface area contributed by atoms with Gasteiger partial charge in [0.1, 0.15) is 0 Å². The summed E-state index contributed by atoms with van der Waals surface area (Å²) in [5.74, 6) is -0.405. The molecule has 0 fully saturated rings. The van der Waals surface area contributed by atoms with Gasteiger partial charge in [-0.25, -0.2) is 8.42 Å². The van der Waals surface area contributed by atoms with Crippen LogP contribution in [0, 0.1) is 0 Å². The fourth-order valence-electron chi connectivity index (χ4n) is 2.07. The van der Waals surface area contributed by atoms with Crippen LogP contribution >= 0.6 is 0 Å². The van der Waals surface area contributed by atoms with Crippen LogP contribution in [0.5, 0.6) is 0 Å². The summed E-state index contributed by atoms with van der Waals surface area (Å²) in [5, 5.41) is 2.72. The maximum Gasteiger partial charge on any atom is 0.242 e. The van der Waals surface area contributed by atoms with E-state index >= 15 is 0 Å². The third kappa shape index (κ3) is 4.64. The SMILES string of the molecule is CCc1cccc(NC(=O)C(C)NS(=O)(=O)c2ccccc2)c1. The summed E-state index contributed by atoms with van der Waals surface area (Å²) in [6.45, 7) is 3.54. The molecule has 0 aliphatic heterocycles. The van der Waals surface area contributed by atoms with Gasteiger partial charge in [-0.3, -0.25) is 4.79 Å². The Balaban J connectivity index is 2.05. The molecule has 0 saturated heterocycles. The Morgan fingerprint density at radius 2 is 1.78 bits per heavy atom. The van der Waals surface area contributed by atoms with E-state index < -0.39 is 22.0 Å². The van der Waals surface area contributed by atoms with E-state index in [0.29, 0.717) is 5.69 Å². The summed E-state index contributed by atoms with van der Waals surface area (Å²) in [7, 11) is -3.72. The number of amides is 1. The molecule has 2 aromatic carbocycles. The minimum Gasteiger partial charge on any atom is -0.325 e. The van der Waals surface area contributed by atoms with Crippen molar-refractivity contribution in [1.29, 1.82) is 0 Å². The standard InChI is InChI=1S/C17H20N2O3S/c1-3-14-8-7-9-15(12-14)18-17(20)13(2)19-23(21,22)16-10-5-4-6-11-16/h4-13,19H,3H2,1-2H3,(H,18,20). The van der Waals surface area contributed by atoms with Gasteiger partial charge in [-0.05, 0) is 43.2 Å². The van der Waals surface area contributed by atoms with Crippen molar-refractivity contribution >= 4 is 21.6 Å². The van der Waals surface area contributed by atoms with Gasteiger partial charge in [0.2, 0.25) is 15.9 Å². The fourth-order valence-corrected chi connectivity index (χ4v) is 3.30. The van der Waals surface area contributed by atoms with Gasteiger partial charge in [0, 0.05) is 5.69 Å².